The van der Waals surface area contributed by atoms with E-state index in [4.69, 9.17) is 11.6 Å². The average Bonchev–Trinajstić information content (AvgIpc) is 2.40. The standard InChI is InChI=1S/C17H29ClN4O.ClH/c1-12(2)21(13(3)4)8-9-22(17(23)20(6)7)16-11-14(5)10-15(18)19-16;/h10-13H,8-9H2,1-7H3;1H. The van der Waals surface area contributed by atoms with Gasteiger partial charge in [-0.2, -0.15) is 0 Å². The van der Waals surface area contributed by atoms with Crippen LogP contribution in [0.2, 0.25) is 5.15 Å². The molecule has 1 heterocycles. The number of nitrogens with zero attached hydrogens (tertiary/aromatic N) is 4. The van der Waals surface area contributed by atoms with Gasteiger partial charge in [0.05, 0.1) is 0 Å². The van der Waals surface area contributed by atoms with Crippen molar-refractivity contribution in [2.45, 2.75) is 46.7 Å². The maximum Gasteiger partial charge on any atom is 0.325 e. The Labute approximate surface area is 157 Å². The fourth-order valence-electron chi connectivity index (χ4n) is 2.62. The van der Waals surface area contributed by atoms with Gasteiger partial charge in [-0.05, 0) is 52.3 Å². The van der Waals surface area contributed by atoms with Gasteiger partial charge in [-0.3, -0.25) is 9.80 Å². The van der Waals surface area contributed by atoms with E-state index in [1.807, 2.05) is 13.0 Å². The highest BCUT2D eigenvalue weighted by atomic mass is 35.5. The molecule has 1 aromatic heterocycles. The van der Waals surface area contributed by atoms with Crippen molar-refractivity contribution in [3.8, 4) is 0 Å². The second-order valence-electron chi connectivity index (χ2n) is 6.58. The second-order valence-corrected chi connectivity index (χ2v) is 6.97. The first kappa shape index (κ1) is 23.0. The zero-order valence-corrected chi connectivity index (χ0v) is 17.3. The molecule has 0 radical (unpaired) electrons. The van der Waals surface area contributed by atoms with Gasteiger partial charge in [-0.15, -0.1) is 12.4 Å². The molecule has 0 aliphatic carbocycles. The molecule has 1 aromatic rings. The van der Waals surface area contributed by atoms with Crippen LogP contribution in [0.3, 0.4) is 0 Å². The Bertz CT molecular complexity index is 507. The van der Waals surface area contributed by atoms with Crippen LogP contribution in [0, 0.1) is 6.92 Å². The molecule has 0 saturated heterocycles. The van der Waals surface area contributed by atoms with Crippen LogP contribution in [0.4, 0.5) is 10.6 Å². The Morgan fingerprint density at radius 1 is 1.12 bits per heavy atom. The van der Waals surface area contributed by atoms with Gasteiger partial charge in [-0.25, -0.2) is 9.78 Å². The molecule has 0 aromatic carbocycles. The number of halogens is 2. The van der Waals surface area contributed by atoms with Crippen LogP contribution >= 0.6 is 24.0 Å². The summed E-state index contributed by atoms with van der Waals surface area (Å²) in [4.78, 5) is 22.5. The zero-order chi connectivity index (χ0) is 17.7. The SMILES string of the molecule is Cc1cc(Cl)nc(N(CCN(C(C)C)C(C)C)C(=O)N(C)C)c1.Cl. The van der Waals surface area contributed by atoms with Crippen LogP contribution in [-0.2, 0) is 0 Å². The molecule has 0 aliphatic heterocycles. The molecule has 0 spiro atoms. The van der Waals surface area contributed by atoms with Crippen molar-refractivity contribution in [2.75, 3.05) is 32.1 Å². The van der Waals surface area contributed by atoms with E-state index in [0.29, 0.717) is 29.6 Å². The van der Waals surface area contributed by atoms with Crippen molar-refractivity contribution in [3.63, 3.8) is 0 Å². The lowest BCUT2D eigenvalue weighted by molar-refractivity contribution is 0.177. The summed E-state index contributed by atoms with van der Waals surface area (Å²) in [6, 6.07) is 4.42. The number of anilines is 1. The summed E-state index contributed by atoms with van der Waals surface area (Å²) >= 11 is 6.07. The number of carbonyl (C=O) groups is 1. The third-order valence-electron chi connectivity index (χ3n) is 3.72. The van der Waals surface area contributed by atoms with Gasteiger partial charge in [-0.1, -0.05) is 11.6 Å². The first-order valence-electron chi connectivity index (χ1n) is 8.02. The van der Waals surface area contributed by atoms with Crippen LogP contribution in [0.25, 0.3) is 0 Å². The van der Waals surface area contributed by atoms with Gasteiger partial charge in [0.25, 0.3) is 0 Å². The van der Waals surface area contributed by atoms with E-state index in [1.54, 1.807) is 30.0 Å². The van der Waals surface area contributed by atoms with Crippen LogP contribution < -0.4 is 4.90 Å². The van der Waals surface area contributed by atoms with Gasteiger partial charge in [0.15, 0.2) is 0 Å². The third kappa shape index (κ3) is 6.46. The number of hydrogen-bond donors (Lipinski definition) is 0. The van der Waals surface area contributed by atoms with Gasteiger partial charge in [0.1, 0.15) is 11.0 Å². The zero-order valence-electron chi connectivity index (χ0n) is 15.7. The highest BCUT2D eigenvalue weighted by Gasteiger charge is 2.22. The molecule has 0 saturated carbocycles. The van der Waals surface area contributed by atoms with Crippen molar-refractivity contribution < 1.29 is 4.79 Å². The van der Waals surface area contributed by atoms with E-state index in [0.717, 1.165) is 12.1 Å². The number of pyridine rings is 1. The molecule has 7 heteroatoms. The smallest absolute Gasteiger partial charge is 0.325 e. The van der Waals surface area contributed by atoms with Gasteiger partial charge in [0.2, 0.25) is 0 Å². The number of aromatic nitrogens is 1. The van der Waals surface area contributed by atoms with Crippen molar-refractivity contribution in [1.82, 2.24) is 14.8 Å². The molecule has 5 nitrogen and oxygen atoms in total. The molecule has 0 fully saturated rings. The van der Waals surface area contributed by atoms with E-state index in [1.165, 1.54) is 0 Å². The topological polar surface area (TPSA) is 39.7 Å². The van der Waals surface area contributed by atoms with Crippen molar-refractivity contribution in [3.05, 3.63) is 22.8 Å². The van der Waals surface area contributed by atoms with E-state index in [9.17, 15) is 4.79 Å². The number of urea groups is 1. The molecule has 24 heavy (non-hydrogen) atoms. The summed E-state index contributed by atoms with van der Waals surface area (Å²) < 4.78 is 0. The Morgan fingerprint density at radius 3 is 2.08 bits per heavy atom. The highest BCUT2D eigenvalue weighted by Crippen LogP contribution is 2.19. The summed E-state index contributed by atoms with van der Waals surface area (Å²) in [5, 5.41) is 0.404. The number of amides is 2. The number of rotatable bonds is 6. The maximum atomic E-state index is 12.6. The Hall–Kier alpha value is -1.04. The molecular formula is C17H30Cl2N4O. The van der Waals surface area contributed by atoms with Crippen LogP contribution in [0.15, 0.2) is 12.1 Å². The molecular weight excluding hydrogens is 347 g/mol. The van der Waals surface area contributed by atoms with Crippen LogP contribution in [-0.4, -0.2) is 60.1 Å². The maximum absolute atomic E-state index is 12.6. The monoisotopic (exact) mass is 376 g/mol. The fraction of sp³-hybridized carbons (Fsp3) is 0.647. The molecule has 0 unspecified atom stereocenters. The van der Waals surface area contributed by atoms with E-state index < -0.39 is 0 Å². The lowest BCUT2D eigenvalue weighted by atomic mass is 10.2. The summed E-state index contributed by atoms with van der Waals surface area (Å²) in [7, 11) is 3.49. The van der Waals surface area contributed by atoms with Gasteiger partial charge >= 0.3 is 6.03 Å². The van der Waals surface area contributed by atoms with Crippen LogP contribution in [0.5, 0.6) is 0 Å². The summed E-state index contributed by atoms with van der Waals surface area (Å²) in [6.45, 7) is 12.0. The van der Waals surface area contributed by atoms with E-state index >= 15 is 0 Å². The molecule has 138 valence electrons. The largest absolute Gasteiger partial charge is 0.330 e. The number of carbonyl (C=O) groups excluding carboxylic acids is 1. The Balaban J connectivity index is 0.00000529. The minimum atomic E-state index is -0.0911. The highest BCUT2D eigenvalue weighted by molar-refractivity contribution is 6.29. The normalized spacial score (nSPS) is 11.0. The Morgan fingerprint density at radius 2 is 1.67 bits per heavy atom. The van der Waals surface area contributed by atoms with Crippen molar-refractivity contribution in [2.24, 2.45) is 0 Å². The lowest BCUT2D eigenvalue weighted by Crippen LogP contribution is -2.47. The van der Waals surface area contributed by atoms with E-state index in [-0.39, 0.29) is 18.4 Å². The number of hydrogen-bond acceptors (Lipinski definition) is 3. The summed E-state index contributed by atoms with van der Waals surface area (Å²) in [5.41, 5.74) is 0.987. The summed E-state index contributed by atoms with van der Waals surface area (Å²) in [5.74, 6) is 0.598. The van der Waals surface area contributed by atoms with Gasteiger partial charge in [0, 0.05) is 39.3 Å². The van der Waals surface area contributed by atoms with Crippen LogP contribution in [0.1, 0.15) is 33.3 Å². The fourth-order valence-corrected chi connectivity index (χ4v) is 2.88. The predicted molar refractivity (Wildman–Crippen MR) is 105 cm³/mol. The molecule has 1 rings (SSSR count). The summed E-state index contributed by atoms with van der Waals surface area (Å²) in [6.07, 6.45) is 0. The second kappa shape index (κ2) is 10.1. The number of aryl methyl sites for hydroxylation is 1. The molecule has 0 atom stereocenters. The first-order chi connectivity index (χ1) is 10.6. The van der Waals surface area contributed by atoms with Crippen molar-refractivity contribution in [1.29, 1.82) is 0 Å². The molecule has 0 aliphatic rings. The molecule has 0 N–H and O–H groups in total. The minimum Gasteiger partial charge on any atom is -0.330 e. The quantitative estimate of drug-likeness (QED) is 0.702. The van der Waals surface area contributed by atoms with E-state index in [2.05, 4.69) is 37.6 Å². The molecule has 2 amide bonds. The molecule has 0 bridgehead atoms. The first-order valence-corrected chi connectivity index (χ1v) is 8.40. The predicted octanol–water partition coefficient (Wildman–Crippen LogP) is 4.07. The lowest BCUT2D eigenvalue weighted by Gasteiger charge is -2.33. The third-order valence-corrected chi connectivity index (χ3v) is 3.92. The minimum absolute atomic E-state index is 0. The Kier molecular flexibility index (Phi) is 9.63. The average molecular weight is 377 g/mol. The van der Waals surface area contributed by atoms with Gasteiger partial charge < -0.3 is 4.90 Å². The van der Waals surface area contributed by atoms with Crippen molar-refractivity contribution >= 4 is 35.9 Å².